The summed E-state index contributed by atoms with van der Waals surface area (Å²) in [4.78, 5) is 25.7. The zero-order valence-electron chi connectivity index (χ0n) is 8.19. The van der Waals surface area contributed by atoms with Crippen LogP contribution in [0.15, 0.2) is 0 Å². The number of carbonyl (C=O) groups is 1. The van der Waals surface area contributed by atoms with E-state index in [2.05, 4.69) is 4.52 Å². The molecule has 0 spiro atoms. The maximum atomic E-state index is 9.98. The second-order valence-corrected chi connectivity index (χ2v) is 3.82. The van der Waals surface area contributed by atoms with Crippen molar-refractivity contribution in [3.05, 3.63) is 0 Å². The van der Waals surface area contributed by atoms with Gasteiger partial charge in [-0.25, -0.2) is 4.57 Å². The lowest BCUT2D eigenvalue weighted by molar-refractivity contribution is -0.114. The first-order valence-corrected chi connectivity index (χ1v) is 5.50. The third kappa shape index (κ3) is 33.7. The summed E-state index contributed by atoms with van der Waals surface area (Å²) in [6.45, 7) is 5.11. The minimum Gasteiger partial charge on any atom is -0.303 e. The second-order valence-electron chi connectivity index (χ2n) is 2.59. The van der Waals surface area contributed by atoms with Gasteiger partial charge in [0.15, 0.2) is 0 Å². The molecule has 0 fully saturated rings. The van der Waals surface area contributed by atoms with Gasteiger partial charge in [-0.05, 0) is 20.3 Å². The van der Waals surface area contributed by atoms with E-state index in [-0.39, 0.29) is 12.4 Å². The van der Waals surface area contributed by atoms with Crippen LogP contribution in [0.3, 0.4) is 0 Å². The number of unbranched alkanes of at least 4 members (excludes halogenated alkanes) is 1. The summed E-state index contributed by atoms with van der Waals surface area (Å²) in [5, 5.41) is 0. The van der Waals surface area contributed by atoms with Crippen LogP contribution >= 0.6 is 7.82 Å². The molecule has 0 radical (unpaired) electrons. The highest BCUT2D eigenvalue weighted by atomic mass is 31.2. The van der Waals surface area contributed by atoms with Gasteiger partial charge in [0.1, 0.15) is 5.78 Å². The molecule has 0 aliphatic carbocycles. The third-order valence-corrected chi connectivity index (χ3v) is 1.28. The minimum absolute atomic E-state index is 0.140. The monoisotopic (exact) mass is 212 g/mol. The number of phosphoric acid groups is 1. The largest absolute Gasteiger partial charge is 0.469 e. The van der Waals surface area contributed by atoms with Crippen molar-refractivity contribution in [2.45, 2.75) is 33.6 Å². The summed E-state index contributed by atoms with van der Waals surface area (Å²) in [7, 11) is -4.20. The number of hydrogen-bond donors (Lipinski definition) is 2. The van der Waals surface area contributed by atoms with E-state index in [0.29, 0.717) is 6.42 Å². The Morgan fingerprint density at radius 2 is 1.77 bits per heavy atom. The molecule has 0 saturated carbocycles. The number of ketones is 1. The van der Waals surface area contributed by atoms with Gasteiger partial charge in [-0.1, -0.05) is 13.3 Å². The van der Waals surface area contributed by atoms with E-state index < -0.39 is 7.82 Å². The lowest BCUT2D eigenvalue weighted by Crippen LogP contribution is -1.90. The van der Waals surface area contributed by atoms with Gasteiger partial charge < -0.3 is 14.6 Å². The van der Waals surface area contributed by atoms with Gasteiger partial charge in [0.25, 0.3) is 0 Å². The van der Waals surface area contributed by atoms with Crippen LogP contribution < -0.4 is 0 Å². The number of Topliss-reactive ketones (excluding diaryl/α,β-unsaturated/α-hetero) is 1. The van der Waals surface area contributed by atoms with Crippen LogP contribution in [0.25, 0.3) is 0 Å². The average Bonchev–Trinajstić information content (AvgIpc) is 1.83. The summed E-state index contributed by atoms with van der Waals surface area (Å²) in [5.74, 6) is 0.167. The second kappa shape index (κ2) is 8.38. The molecule has 0 heterocycles. The first-order valence-electron chi connectivity index (χ1n) is 3.97. The van der Waals surface area contributed by atoms with Crippen molar-refractivity contribution < 1.29 is 23.7 Å². The van der Waals surface area contributed by atoms with Crippen molar-refractivity contribution in [1.82, 2.24) is 0 Å². The van der Waals surface area contributed by atoms with Crippen LogP contribution in [0.1, 0.15) is 33.6 Å². The Balaban J connectivity index is 0. The topological polar surface area (TPSA) is 83.8 Å². The molecule has 0 amide bonds. The Morgan fingerprint density at radius 3 is 2.00 bits per heavy atom. The Bertz CT molecular complexity index is 170. The van der Waals surface area contributed by atoms with Crippen LogP contribution in [-0.2, 0) is 13.9 Å². The van der Waals surface area contributed by atoms with Gasteiger partial charge in [-0.3, -0.25) is 4.52 Å². The maximum absolute atomic E-state index is 9.98. The lowest BCUT2D eigenvalue weighted by Gasteiger charge is -2.02. The number of hydrogen-bond acceptors (Lipinski definition) is 3. The van der Waals surface area contributed by atoms with Gasteiger partial charge >= 0.3 is 7.82 Å². The fourth-order valence-electron chi connectivity index (χ4n) is 0.328. The first kappa shape index (κ1) is 15.3. The summed E-state index contributed by atoms with van der Waals surface area (Å²) in [5.41, 5.74) is 0. The highest BCUT2D eigenvalue weighted by molar-refractivity contribution is 7.46. The number of phosphoric ester groups is 1. The van der Waals surface area contributed by atoms with Crippen molar-refractivity contribution in [1.29, 1.82) is 0 Å². The van der Waals surface area contributed by atoms with E-state index in [0.717, 1.165) is 6.42 Å². The van der Waals surface area contributed by atoms with Crippen LogP contribution in [-0.4, -0.2) is 22.2 Å². The molecule has 2 N–H and O–H groups in total. The van der Waals surface area contributed by atoms with Gasteiger partial charge in [0.05, 0.1) is 6.61 Å². The lowest BCUT2D eigenvalue weighted by atomic mass is 10.4. The summed E-state index contributed by atoms with van der Waals surface area (Å²) < 4.78 is 14.1. The summed E-state index contributed by atoms with van der Waals surface area (Å²) in [6.07, 6.45) is 1.56. The molecule has 0 aromatic carbocycles. The van der Waals surface area contributed by atoms with Crippen molar-refractivity contribution in [2.75, 3.05) is 6.61 Å². The Morgan fingerprint density at radius 1 is 1.38 bits per heavy atom. The molecule has 0 rings (SSSR count). The van der Waals surface area contributed by atoms with Crippen molar-refractivity contribution in [3.63, 3.8) is 0 Å². The molecule has 0 atom stereocenters. The van der Waals surface area contributed by atoms with Gasteiger partial charge in [0.2, 0.25) is 0 Å². The molecule has 0 bridgehead atoms. The molecule has 80 valence electrons. The van der Waals surface area contributed by atoms with Gasteiger partial charge in [-0.15, -0.1) is 0 Å². The molecule has 6 heteroatoms. The minimum atomic E-state index is -4.20. The van der Waals surface area contributed by atoms with Crippen molar-refractivity contribution >= 4 is 13.6 Å². The Kier molecular flexibility index (Phi) is 9.84. The van der Waals surface area contributed by atoms with Gasteiger partial charge in [0, 0.05) is 0 Å². The smallest absolute Gasteiger partial charge is 0.303 e. The number of carbonyl (C=O) groups excluding carboxylic acids is 1. The average molecular weight is 212 g/mol. The third-order valence-electron chi connectivity index (χ3n) is 0.757. The van der Waals surface area contributed by atoms with E-state index in [1.54, 1.807) is 0 Å². The molecule has 0 aliphatic rings. The number of rotatable bonds is 4. The Labute approximate surface area is 78.3 Å². The standard InChI is InChI=1S/C4H11O4P.C3H6O/c1-2-3-4-8-9(5,6)7;1-3(2)4/h2-4H2,1H3,(H2,5,6,7);1-2H3. The zero-order valence-corrected chi connectivity index (χ0v) is 9.08. The van der Waals surface area contributed by atoms with Gasteiger partial charge in [-0.2, -0.15) is 0 Å². The molecule has 0 aromatic rings. The fourth-order valence-corrected chi connectivity index (χ4v) is 0.695. The van der Waals surface area contributed by atoms with E-state index >= 15 is 0 Å². The molecular formula is C7H17O5P. The van der Waals surface area contributed by atoms with E-state index in [1.165, 1.54) is 13.8 Å². The molecule has 0 aromatic heterocycles. The van der Waals surface area contributed by atoms with Crippen LogP contribution in [0.2, 0.25) is 0 Å². The van der Waals surface area contributed by atoms with Crippen molar-refractivity contribution in [3.8, 4) is 0 Å². The van der Waals surface area contributed by atoms with Crippen molar-refractivity contribution in [2.24, 2.45) is 0 Å². The SMILES string of the molecule is CC(C)=O.CCCCOP(=O)(O)O. The quantitative estimate of drug-likeness (QED) is 0.544. The maximum Gasteiger partial charge on any atom is 0.469 e. The zero-order chi connectivity index (χ0) is 10.9. The molecule has 5 nitrogen and oxygen atoms in total. The first-order chi connectivity index (χ1) is 5.79. The highest BCUT2D eigenvalue weighted by Gasteiger charge is 2.11. The molecule has 0 aliphatic heterocycles. The summed E-state index contributed by atoms with van der Waals surface area (Å²) >= 11 is 0. The van der Waals surface area contributed by atoms with Crippen LogP contribution in [0.4, 0.5) is 0 Å². The molecular weight excluding hydrogens is 195 g/mol. The molecule has 0 saturated heterocycles. The van der Waals surface area contributed by atoms with E-state index in [1.807, 2.05) is 6.92 Å². The van der Waals surface area contributed by atoms with Crippen LogP contribution in [0, 0.1) is 0 Å². The molecule has 0 unspecified atom stereocenters. The Hall–Kier alpha value is -0.220. The van der Waals surface area contributed by atoms with Crippen LogP contribution in [0.5, 0.6) is 0 Å². The summed E-state index contributed by atoms with van der Waals surface area (Å²) in [6, 6.07) is 0. The normalized spacial score (nSPS) is 10.2. The van der Waals surface area contributed by atoms with E-state index in [9.17, 15) is 9.36 Å². The fraction of sp³-hybridized carbons (Fsp3) is 0.857. The predicted molar refractivity (Wildman–Crippen MR) is 49.3 cm³/mol. The molecule has 13 heavy (non-hydrogen) atoms. The predicted octanol–water partition coefficient (Wildman–Crippen LogP) is 1.49. The highest BCUT2D eigenvalue weighted by Crippen LogP contribution is 2.35. The van der Waals surface area contributed by atoms with E-state index in [4.69, 9.17) is 9.79 Å².